The van der Waals surface area contributed by atoms with Crippen LogP contribution in [0, 0.1) is 0 Å². The van der Waals surface area contributed by atoms with E-state index in [0.29, 0.717) is 37.2 Å². The second-order valence-corrected chi connectivity index (χ2v) is 6.18. The molecular weight excluding hydrogens is 485 g/mol. The van der Waals surface area contributed by atoms with Gasteiger partial charge in [0.05, 0.1) is 34.0 Å². The van der Waals surface area contributed by atoms with Crippen molar-refractivity contribution in [2.24, 2.45) is 4.99 Å². The summed E-state index contributed by atoms with van der Waals surface area (Å²) >= 11 is 0. The summed E-state index contributed by atoms with van der Waals surface area (Å²) in [7, 11) is 3.26. The van der Waals surface area contributed by atoms with E-state index in [4.69, 9.17) is 18.9 Å². The van der Waals surface area contributed by atoms with Crippen molar-refractivity contribution in [3.63, 3.8) is 0 Å². The molecule has 0 aromatic heterocycles. The number of aliphatic imine (C=N–C) groups is 1. The highest BCUT2D eigenvalue weighted by Crippen LogP contribution is 2.33. The van der Waals surface area contributed by atoms with Crippen molar-refractivity contribution in [1.29, 1.82) is 0 Å². The van der Waals surface area contributed by atoms with E-state index in [1.165, 1.54) is 0 Å². The van der Waals surface area contributed by atoms with Crippen LogP contribution in [0.3, 0.4) is 0 Å². The molecule has 0 unspecified atom stereocenters. The van der Waals surface area contributed by atoms with Crippen LogP contribution in [0.5, 0.6) is 23.0 Å². The molecule has 158 valence electrons. The predicted molar refractivity (Wildman–Crippen MR) is 125 cm³/mol. The van der Waals surface area contributed by atoms with Gasteiger partial charge in [0.25, 0.3) is 0 Å². The molecule has 0 fully saturated rings. The van der Waals surface area contributed by atoms with Crippen LogP contribution in [-0.4, -0.2) is 39.9 Å². The number of hydrogen-bond donors (Lipinski definition) is 2. The average Bonchev–Trinajstić information content (AvgIpc) is 2.96. The first-order chi connectivity index (χ1) is 13.7. The van der Waals surface area contributed by atoms with E-state index in [1.807, 2.05) is 43.3 Å². The zero-order valence-electron chi connectivity index (χ0n) is 17.0. The topological polar surface area (TPSA) is 73.3 Å². The molecular formula is C21H28IN3O4. The molecule has 7 nitrogen and oxygen atoms in total. The van der Waals surface area contributed by atoms with Gasteiger partial charge < -0.3 is 29.6 Å². The molecule has 2 N–H and O–H groups in total. The maximum absolute atomic E-state index is 5.76. The van der Waals surface area contributed by atoms with E-state index in [9.17, 15) is 0 Å². The number of methoxy groups -OCH3 is 2. The zero-order chi connectivity index (χ0) is 19.8. The lowest BCUT2D eigenvalue weighted by atomic mass is 10.2. The SMILES string of the molecule is CCNC(=NCc1cccc(OC)c1OC)Nc1ccc2c(c1)OCCCO2.I. The van der Waals surface area contributed by atoms with Gasteiger partial charge in [0.2, 0.25) is 0 Å². The third kappa shape index (κ3) is 6.06. The lowest BCUT2D eigenvalue weighted by molar-refractivity contribution is 0.297. The molecule has 3 rings (SSSR count). The van der Waals surface area contributed by atoms with Gasteiger partial charge in [-0.15, -0.1) is 24.0 Å². The predicted octanol–water partition coefficient (Wildman–Crippen LogP) is 4.06. The van der Waals surface area contributed by atoms with E-state index in [2.05, 4.69) is 15.6 Å². The number of fused-ring (bicyclic) bond motifs is 1. The van der Waals surface area contributed by atoms with E-state index >= 15 is 0 Å². The fourth-order valence-corrected chi connectivity index (χ4v) is 2.93. The Morgan fingerprint density at radius 2 is 1.86 bits per heavy atom. The van der Waals surface area contributed by atoms with Crippen molar-refractivity contribution >= 4 is 35.6 Å². The van der Waals surface area contributed by atoms with Crippen LogP contribution in [0.2, 0.25) is 0 Å². The number of para-hydroxylation sites is 1. The van der Waals surface area contributed by atoms with Crippen LogP contribution in [0.25, 0.3) is 0 Å². The smallest absolute Gasteiger partial charge is 0.196 e. The summed E-state index contributed by atoms with van der Waals surface area (Å²) in [4.78, 5) is 4.68. The highest BCUT2D eigenvalue weighted by molar-refractivity contribution is 14.0. The highest BCUT2D eigenvalue weighted by Gasteiger charge is 2.12. The summed E-state index contributed by atoms with van der Waals surface area (Å²) in [5.41, 5.74) is 1.82. The summed E-state index contributed by atoms with van der Waals surface area (Å²) in [5, 5.41) is 6.57. The average molecular weight is 513 g/mol. The number of guanidine groups is 1. The molecule has 1 aliphatic rings. The van der Waals surface area contributed by atoms with Crippen LogP contribution < -0.4 is 29.6 Å². The maximum Gasteiger partial charge on any atom is 0.196 e. The van der Waals surface area contributed by atoms with E-state index in [1.54, 1.807) is 14.2 Å². The van der Waals surface area contributed by atoms with Crippen LogP contribution in [0.4, 0.5) is 5.69 Å². The first-order valence-electron chi connectivity index (χ1n) is 9.40. The van der Waals surface area contributed by atoms with Gasteiger partial charge in [0.1, 0.15) is 0 Å². The van der Waals surface area contributed by atoms with Gasteiger partial charge in [-0.2, -0.15) is 0 Å². The Labute approximate surface area is 188 Å². The number of hydrogen-bond acceptors (Lipinski definition) is 5. The fraction of sp³-hybridized carbons (Fsp3) is 0.381. The van der Waals surface area contributed by atoms with E-state index < -0.39 is 0 Å². The van der Waals surface area contributed by atoms with Crippen molar-refractivity contribution in [3.05, 3.63) is 42.0 Å². The zero-order valence-corrected chi connectivity index (χ0v) is 19.3. The van der Waals surface area contributed by atoms with Gasteiger partial charge in [-0.1, -0.05) is 12.1 Å². The Hall–Kier alpha value is -2.36. The maximum atomic E-state index is 5.76. The van der Waals surface area contributed by atoms with Gasteiger partial charge in [-0.25, -0.2) is 4.99 Å². The Kier molecular flexibility index (Phi) is 9.17. The van der Waals surface area contributed by atoms with Crippen LogP contribution in [0.1, 0.15) is 18.9 Å². The molecule has 8 heteroatoms. The Bertz CT molecular complexity index is 830. The number of nitrogens with one attached hydrogen (secondary N) is 2. The Morgan fingerprint density at radius 1 is 1.07 bits per heavy atom. The minimum atomic E-state index is 0. The lowest BCUT2D eigenvalue weighted by Crippen LogP contribution is -2.30. The third-order valence-corrected chi connectivity index (χ3v) is 4.25. The van der Waals surface area contributed by atoms with Crippen molar-refractivity contribution in [1.82, 2.24) is 5.32 Å². The van der Waals surface area contributed by atoms with Gasteiger partial charge >= 0.3 is 0 Å². The number of benzene rings is 2. The number of halogens is 1. The minimum Gasteiger partial charge on any atom is -0.493 e. The molecule has 0 atom stereocenters. The quantitative estimate of drug-likeness (QED) is 0.345. The fourth-order valence-electron chi connectivity index (χ4n) is 2.93. The van der Waals surface area contributed by atoms with E-state index in [0.717, 1.165) is 35.7 Å². The largest absolute Gasteiger partial charge is 0.493 e. The number of rotatable bonds is 6. The number of nitrogens with zero attached hydrogens (tertiary/aromatic N) is 1. The molecule has 0 radical (unpaired) electrons. The molecule has 2 aromatic carbocycles. The standard InChI is InChI=1S/C21H27N3O4.HI/c1-4-22-21(23-14-15-7-5-8-18(25-2)20(15)26-3)24-16-9-10-17-19(13-16)28-12-6-11-27-17;/h5,7-10,13H,4,6,11-12,14H2,1-3H3,(H2,22,23,24);1H. The van der Waals surface area contributed by atoms with Crippen molar-refractivity contribution in [2.45, 2.75) is 19.9 Å². The molecule has 0 bridgehead atoms. The lowest BCUT2D eigenvalue weighted by Gasteiger charge is -2.15. The number of ether oxygens (including phenoxy) is 4. The second kappa shape index (κ2) is 11.6. The highest BCUT2D eigenvalue weighted by atomic mass is 127. The summed E-state index contributed by atoms with van der Waals surface area (Å²) in [6, 6.07) is 11.6. The van der Waals surface area contributed by atoms with Crippen molar-refractivity contribution < 1.29 is 18.9 Å². The first-order valence-corrected chi connectivity index (χ1v) is 9.40. The van der Waals surface area contributed by atoms with Gasteiger partial charge in [-0.3, -0.25) is 0 Å². The number of anilines is 1. The van der Waals surface area contributed by atoms with Crippen LogP contribution >= 0.6 is 24.0 Å². The molecule has 1 heterocycles. The minimum absolute atomic E-state index is 0. The summed E-state index contributed by atoms with van der Waals surface area (Å²) in [5.74, 6) is 3.57. The first kappa shape index (κ1) is 22.9. The molecule has 1 aliphatic heterocycles. The van der Waals surface area contributed by atoms with Crippen molar-refractivity contribution in [3.8, 4) is 23.0 Å². The van der Waals surface area contributed by atoms with Crippen molar-refractivity contribution in [2.75, 3.05) is 39.3 Å². The molecule has 0 spiro atoms. The molecule has 0 amide bonds. The molecule has 0 aliphatic carbocycles. The summed E-state index contributed by atoms with van der Waals surface area (Å²) in [6.07, 6.45) is 0.879. The summed E-state index contributed by atoms with van der Waals surface area (Å²) < 4.78 is 22.3. The normalized spacial score (nSPS) is 13.0. The molecule has 2 aromatic rings. The molecule has 0 saturated heterocycles. The Balaban J connectivity index is 0.00000300. The molecule has 0 saturated carbocycles. The van der Waals surface area contributed by atoms with Gasteiger partial charge in [0.15, 0.2) is 29.0 Å². The van der Waals surface area contributed by atoms with Gasteiger partial charge in [-0.05, 0) is 25.1 Å². The van der Waals surface area contributed by atoms with Crippen LogP contribution in [-0.2, 0) is 6.54 Å². The van der Waals surface area contributed by atoms with Gasteiger partial charge in [0, 0.05) is 30.3 Å². The monoisotopic (exact) mass is 513 g/mol. The molecule has 29 heavy (non-hydrogen) atoms. The van der Waals surface area contributed by atoms with E-state index in [-0.39, 0.29) is 24.0 Å². The summed E-state index contributed by atoms with van der Waals surface area (Å²) in [6.45, 7) is 4.54. The Morgan fingerprint density at radius 3 is 2.59 bits per heavy atom. The second-order valence-electron chi connectivity index (χ2n) is 6.18. The van der Waals surface area contributed by atoms with Crippen LogP contribution in [0.15, 0.2) is 41.4 Å². The third-order valence-electron chi connectivity index (χ3n) is 4.25.